The van der Waals surface area contributed by atoms with Crippen LogP contribution in [0.25, 0.3) is 28.1 Å². The minimum absolute atomic E-state index is 0.00152. The topological polar surface area (TPSA) is 72.2 Å². The summed E-state index contributed by atoms with van der Waals surface area (Å²) in [6.45, 7) is 4.67. The first-order valence-electron chi connectivity index (χ1n) is 11.2. The van der Waals surface area contributed by atoms with Crippen molar-refractivity contribution >= 4 is 21.4 Å². The van der Waals surface area contributed by atoms with E-state index < -0.39 is 27.2 Å². The maximum atomic E-state index is 13.9. The SMILES string of the molecule is Cc1cc(-c2cccc(S(C)(=O)=O)c2)ccc1-n1nc(C(C)(C)O)c(Cl)c1-c1ccccc1C(F)(F)F. The number of alkyl halides is 3. The van der Waals surface area contributed by atoms with E-state index >= 15 is 0 Å². The summed E-state index contributed by atoms with van der Waals surface area (Å²) in [5.74, 6) is 0. The van der Waals surface area contributed by atoms with Gasteiger partial charge in [0.05, 0.1) is 26.9 Å². The van der Waals surface area contributed by atoms with Gasteiger partial charge in [0.2, 0.25) is 0 Å². The van der Waals surface area contributed by atoms with Crippen LogP contribution in [-0.2, 0) is 21.6 Å². The van der Waals surface area contributed by atoms with Crippen LogP contribution in [0.5, 0.6) is 0 Å². The van der Waals surface area contributed by atoms with Gasteiger partial charge in [-0.1, -0.05) is 48.0 Å². The fraction of sp³-hybridized carbons (Fsp3) is 0.222. The van der Waals surface area contributed by atoms with Gasteiger partial charge in [-0.25, -0.2) is 13.1 Å². The Hall–Kier alpha value is -3.14. The van der Waals surface area contributed by atoms with Gasteiger partial charge in [-0.05, 0) is 67.8 Å². The fourth-order valence-electron chi connectivity index (χ4n) is 4.11. The van der Waals surface area contributed by atoms with E-state index in [0.29, 0.717) is 22.4 Å². The molecule has 1 aromatic heterocycles. The smallest absolute Gasteiger partial charge is 0.384 e. The van der Waals surface area contributed by atoms with Crippen molar-refractivity contribution in [2.45, 2.75) is 37.4 Å². The van der Waals surface area contributed by atoms with E-state index in [4.69, 9.17) is 11.6 Å². The molecule has 0 unspecified atom stereocenters. The molecule has 194 valence electrons. The Balaban J connectivity index is 1.94. The molecule has 0 saturated carbocycles. The summed E-state index contributed by atoms with van der Waals surface area (Å²) in [7, 11) is -3.41. The number of aliphatic hydroxyl groups is 1. The Kier molecular flexibility index (Phi) is 6.77. The van der Waals surface area contributed by atoms with Gasteiger partial charge in [-0.2, -0.15) is 18.3 Å². The van der Waals surface area contributed by atoms with Crippen molar-refractivity contribution in [2.75, 3.05) is 6.26 Å². The number of nitrogens with zero attached hydrogens (tertiary/aromatic N) is 2. The minimum atomic E-state index is -4.65. The first-order valence-corrected chi connectivity index (χ1v) is 13.5. The number of aromatic nitrogens is 2. The quantitative estimate of drug-likeness (QED) is 0.297. The van der Waals surface area contributed by atoms with E-state index in [1.165, 1.54) is 42.8 Å². The fourth-order valence-corrected chi connectivity index (χ4v) is 5.23. The molecule has 0 aliphatic rings. The predicted octanol–water partition coefficient (Wildman–Crippen LogP) is 6.82. The van der Waals surface area contributed by atoms with Crippen molar-refractivity contribution in [3.63, 3.8) is 0 Å². The van der Waals surface area contributed by atoms with Crippen LogP contribution in [0.1, 0.15) is 30.7 Å². The number of sulfone groups is 1. The van der Waals surface area contributed by atoms with Crippen LogP contribution < -0.4 is 0 Å². The van der Waals surface area contributed by atoms with Gasteiger partial charge in [0.15, 0.2) is 9.84 Å². The van der Waals surface area contributed by atoms with E-state index in [-0.39, 0.29) is 26.9 Å². The van der Waals surface area contributed by atoms with Crippen LogP contribution in [0, 0.1) is 6.92 Å². The molecule has 0 fully saturated rings. The predicted molar refractivity (Wildman–Crippen MR) is 138 cm³/mol. The maximum Gasteiger partial charge on any atom is 0.417 e. The van der Waals surface area contributed by atoms with Crippen molar-refractivity contribution in [2.24, 2.45) is 0 Å². The zero-order valence-corrected chi connectivity index (χ0v) is 22.0. The molecule has 0 aliphatic carbocycles. The third-order valence-corrected chi connectivity index (χ3v) is 7.38. The molecular weight excluding hydrogens is 525 g/mol. The van der Waals surface area contributed by atoms with E-state index in [1.807, 2.05) is 0 Å². The van der Waals surface area contributed by atoms with Crippen molar-refractivity contribution in [1.82, 2.24) is 9.78 Å². The van der Waals surface area contributed by atoms with Gasteiger partial charge in [-0.3, -0.25) is 0 Å². The lowest BCUT2D eigenvalue weighted by Crippen LogP contribution is -2.17. The summed E-state index contributed by atoms with van der Waals surface area (Å²) in [6, 6.07) is 16.7. The molecule has 0 atom stereocenters. The largest absolute Gasteiger partial charge is 0.417 e. The second-order valence-corrected chi connectivity index (χ2v) is 11.7. The number of rotatable bonds is 5. The molecule has 0 spiro atoms. The van der Waals surface area contributed by atoms with Crippen LogP contribution in [0.4, 0.5) is 13.2 Å². The molecule has 1 N–H and O–H groups in total. The molecule has 0 bridgehead atoms. The molecule has 1 heterocycles. The summed E-state index contributed by atoms with van der Waals surface area (Å²) >= 11 is 6.59. The van der Waals surface area contributed by atoms with Gasteiger partial charge in [0, 0.05) is 11.8 Å². The molecule has 0 radical (unpaired) electrons. The Labute approximate surface area is 218 Å². The molecule has 37 heavy (non-hydrogen) atoms. The third kappa shape index (κ3) is 5.30. The van der Waals surface area contributed by atoms with Gasteiger partial charge in [-0.15, -0.1) is 0 Å². The van der Waals surface area contributed by atoms with Crippen LogP contribution in [-0.4, -0.2) is 29.6 Å². The summed E-state index contributed by atoms with van der Waals surface area (Å²) in [4.78, 5) is 0.173. The molecule has 0 saturated heterocycles. The Morgan fingerprint density at radius 1 is 0.946 bits per heavy atom. The second-order valence-electron chi connectivity index (χ2n) is 9.33. The zero-order chi connectivity index (χ0) is 27.3. The van der Waals surface area contributed by atoms with E-state index in [1.54, 1.807) is 43.3 Å². The normalized spacial score (nSPS) is 12.7. The van der Waals surface area contributed by atoms with Crippen molar-refractivity contribution in [3.05, 3.63) is 88.6 Å². The minimum Gasteiger partial charge on any atom is -0.384 e. The highest BCUT2D eigenvalue weighted by atomic mass is 35.5. The summed E-state index contributed by atoms with van der Waals surface area (Å²) in [5.41, 5.74) is -0.0705. The van der Waals surface area contributed by atoms with Gasteiger partial charge in [0.25, 0.3) is 0 Å². The summed E-state index contributed by atoms with van der Waals surface area (Å²) < 4.78 is 67.0. The first-order chi connectivity index (χ1) is 17.1. The molecule has 3 aromatic carbocycles. The van der Waals surface area contributed by atoms with Crippen LogP contribution in [0.2, 0.25) is 5.02 Å². The Bertz CT molecular complexity index is 1600. The molecule has 5 nitrogen and oxygen atoms in total. The number of aryl methyl sites for hydroxylation is 1. The number of hydrogen-bond acceptors (Lipinski definition) is 4. The lowest BCUT2D eigenvalue weighted by atomic mass is 10.00. The zero-order valence-electron chi connectivity index (χ0n) is 20.4. The molecular formula is C27H24ClF3N2O3S. The van der Waals surface area contributed by atoms with E-state index in [2.05, 4.69) is 5.10 Å². The van der Waals surface area contributed by atoms with Crippen LogP contribution in [0.3, 0.4) is 0 Å². The van der Waals surface area contributed by atoms with E-state index in [9.17, 15) is 26.7 Å². The molecule has 4 rings (SSSR count). The van der Waals surface area contributed by atoms with Gasteiger partial charge < -0.3 is 5.11 Å². The maximum absolute atomic E-state index is 13.9. The molecule has 0 amide bonds. The number of benzene rings is 3. The van der Waals surface area contributed by atoms with Crippen molar-refractivity contribution < 1.29 is 26.7 Å². The first kappa shape index (κ1) is 26.9. The third-order valence-electron chi connectivity index (χ3n) is 5.92. The average Bonchev–Trinajstić information content (AvgIpc) is 3.15. The summed E-state index contributed by atoms with van der Waals surface area (Å²) in [6.07, 6.45) is -3.52. The summed E-state index contributed by atoms with van der Waals surface area (Å²) in [5, 5.41) is 15.0. The van der Waals surface area contributed by atoms with Crippen molar-refractivity contribution in [3.8, 4) is 28.1 Å². The Morgan fingerprint density at radius 3 is 2.19 bits per heavy atom. The number of halogens is 4. The molecule has 4 aromatic rings. The highest BCUT2D eigenvalue weighted by Gasteiger charge is 2.37. The van der Waals surface area contributed by atoms with Gasteiger partial charge in [0.1, 0.15) is 11.3 Å². The molecule has 0 aliphatic heterocycles. The van der Waals surface area contributed by atoms with E-state index in [0.717, 1.165) is 12.3 Å². The number of hydrogen-bond donors (Lipinski definition) is 1. The lowest BCUT2D eigenvalue weighted by molar-refractivity contribution is -0.137. The van der Waals surface area contributed by atoms with Crippen LogP contribution >= 0.6 is 11.6 Å². The van der Waals surface area contributed by atoms with Gasteiger partial charge >= 0.3 is 6.18 Å². The highest BCUT2D eigenvalue weighted by molar-refractivity contribution is 7.90. The molecule has 10 heteroatoms. The highest BCUT2D eigenvalue weighted by Crippen LogP contribution is 2.43. The van der Waals surface area contributed by atoms with Crippen molar-refractivity contribution in [1.29, 1.82) is 0 Å². The second kappa shape index (κ2) is 9.31. The van der Waals surface area contributed by atoms with Crippen LogP contribution in [0.15, 0.2) is 71.6 Å². The monoisotopic (exact) mass is 548 g/mol. The Morgan fingerprint density at radius 2 is 1.59 bits per heavy atom. The lowest BCUT2D eigenvalue weighted by Gasteiger charge is -2.16. The average molecular weight is 549 g/mol. The standard InChI is InChI=1S/C27H24ClF3N2O3S/c1-16-14-18(17-8-7-9-19(15-17)37(4,35)36)12-13-22(16)33-24(23(28)25(32-33)26(2,3)34)20-10-5-6-11-21(20)27(29,30)31/h5-15,34H,1-4H3.